The lowest BCUT2D eigenvalue weighted by Crippen LogP contribution is -2.70. The molecule has 3 fully saturated rings. The van der Waals surface area contributed by atoms with Crippen molar-refractivity contribution in [3.05, 3.63) is 23.8 Å². The summed E-state index contributed by atoms with van der Waals surface area (Å²) in [6, 6.07) is -0.987. The van der Waals surface area contributed by atoms with Gasteiger partial charge in [0.1, 0.15) is 29.0 Å². The van der Waals surface area contributed by atoms with E-state index in [-0.39, 0.29) is 44.5 Å². The number of aliphatic hydroxyl groups excluding tert-OH is 2. The van der Waals surface area contributed by atoms with Crippen molar-refractivity contribution in [2.24, 2.45) is 23.5 Å². The Kier molecular flexibility index (Phi) is 16.9. The SMILES string of the molecule is CC[C@@H]1OC(=O)[C@H](C)[C@H](OC2C[C@@](C)(OC)[C@](O)(CNCc3cnc(C)cn3)[C@H](C)O2)[C@@H](C)[C@@H](O[C@@H]2O[C@H](C)C[C@H](N)[C@H]2O)[C@](C)(O)C[C@@H](C)NC[C@@H](C)[C@H](O)[C@]1(C)O. The molecular weight excluding hydrogens is 766 g/mol. The Morgan fingerprint density at radius 2 is 1.68 bits per heavy atom. The van der Waals surface area contributed by atoms with Crippen LogP contribution in [0.1, 0.15) is 106 Å². The van der Waals surface area contributed by atoms with Gasteiger partial charge in [-0.05, 0) is 80.6 Å². The molecule has 0 bridgehead atoms. The number of rotatable bonds is 10. The van der Waals surface area contributed by atoms with E-state index in [9.17, 15) is 30.3 Å². The maximum absolute atomic E-state index is 14.3. The fourth-order valence-corrected chi connectivity index (χ4v) is 9.17. The monoisotopic (exact) mass is 842 g/mol. The van der Waals surface area contributed by atoms with Crippen molar-refractivity contribution in [2.75, 3.05) is 20.2 Å². The van der Waals surface area contributed by atoms with Crippen LogP contribution in [0.5, 0.6) is 0 Å². The molecule has 0 aromatic carbocycles. The number of carbonyl (C=O) groups is 1. The Balaban J connectivity index is 1.73. The van der Waals surface area contributed by atoms with Gasteiger partial charge < -0.3 is 70.3 Å². The summed E-state index contributed by atoms with van der Waals surface area (Å²) in [5.41, 5.74) is 1.55. The van der Waals surface area contributed by atoms with Gasteiger partial charge in [-0.15, -0.1) is 0 Å². The number of aliphatic hydroxyl groups is 5. The first kappa shape index (κ1) is 49.7. The number of esters is 1. The van der Waals surface area contributed by atoms with Gasteiger partial charge in [0, 0.05) is 63.6 Å². The fourth-order valence-electron chi connectivity index (χ4n) is 9.17. The molecule has 1 aromatic heterocycles. The van der Waals surface area contributed by atoms with Crippen LogP contribution in [0.3, 0.4) is 0 Å². The first-order valence-corrected chi connectivity index (χ1v) is 21.3. The van der Waals surface area contributed by atoms with Crippen LogP contribution in [0.15, 0.2) is 12.4 Å². The maximum atomic E-state index is 14.3. The Morgan fingerprint density at radius 3 is 2.29 bits per heavy atom. The number of nitrogens with two attached hydrogens (primary N) is 1. The summed E-state index contributed by atoms with van der Waals surface area (Å²) in [5.74, 6) is -3.10. The van der Waals surface area contributed by atoms with Gasteiger partial charge in [0.25, 0.3) is 0 Å². The first-order chi connectivity index (χ1) is 27.4. The van der Waals surface area contributed by atoms with Crippen molar-refractivity contribution in [2.45, 2.75) is 198 Å². The molecule has 1 unspecified atom stereocenters. The van der Waals surface area contributed by atoms with Crippen LogP contribution in [-0.2, 0) is 39.8 Å². The summed E-state index contributed by atoms with van der Waals surface area (Å²) >= 11 is 0. The molecule has 0 spiro atoms. The summed E-state index contributed by atoms with van der Waals surface area (Å²) in [4.78, 5) is 23.0. The zero-order chi connectivity index (χ0) is 44.2. The number of methoxy groups -OCH3 is 1. The lowest BCUT2D eigenvalue weighted by molar-refractivity contribution is -0.335. The molecule has 1 aromatic rings. The highest BCUT2D eigenvalue weighted by molar-refractivity contribution is 5.73. The summed E-state index contributed by atoms with van der Waals surface area (Å²) in [6.45, 7) is 19.8. The molecular formula is C42H75N5O12. The van der Waals surface area contributed by atoms with Crippen molar-refractivity contribution < 1.29 is 58.7 Å². The Bertz CT molecular complexity index is 1490. The average Bonchev–Trinajstić information content (AvgIpc) is 3.17. The molecule has 0 amide bonds. The third-order valence-corrected chi connectivity index (χ3v) is 13.2. The van der Waals surface area contributed by atoms with Crippen LogP contribution >= 0.6 is 0 Å². The minimum atomic E-state index is -1.82. The number of nitrogens with zero attached hydrogens (tertiary/aromatic N) is 2. The Hall–Kier alpha value is -1.97. The van der Waals surface area contributed by atoms with E-state index >= 15 is 0 Å². The van der Waals surface area contributed by atoms with Crippen molar-refractivity contribution in [1.29, 1.82) is 0 Å². The minimum Gasteiger partial charge on any atom is -0.459 e. The van der Waals surface area contributed by atoms with Gasteiger partial charge in [-0.2, -0.15) is 0 Å². The molecule has 4 heterocycles. The van der Waals surface area contributed by atoms with Gasteiger partial charge in [0.15, 0.2) is 12.6 Å². The number of hydrogen-bond acceptors (Lipinski definition) is 17. The molecule has 340 valence electrons. The van der Waals surface area contributed by atoms with Gasteiger partial charge in [-0.25, -0.2) is 0 Å². The second-order valence-electron chi connectivity index (χ2n) is 18.4. The number of cyclic esters (lactones) is 1. The van der Waals surface area contributed by atoms with E-state index < -0.39 is 101 Å². The van der Waals surface area contributed by atoms with Crippen LogP contribution in [0.2, 0.25) is 0 Å². The third-order valence-electron chi connectivity index (χ3n) is 13.2. The number of ether oxygens (including phenoxy) is 6. The molecule has 9 N–H and O–H groups in total. The number of aryl methyl sites for hydroxylation is 1. The Morgan fingerprint density at radius 1 is 1.00 bits per heavy atom. The first-order valence-electron chi connectivity index (χ1n) is 21.3. The molecule has 59 heavy (non-hydrogen) atoms. The predicted molar refractivity (Wildman–Crippen MR) is 217 cm³/mol. The topological polar surface area (TPSA) is 249 Å². The summed E-state index contributed by atoms with van der Waals surface area (Å²) in [7, 11) is 1.50. The predicted octanol–water partition coefficient (Wildman–Crippen LogP) is 1.21. The van der Waals surface area contributed by atoms with E-state index in [1.807, 2.05) is 20.8 Å². The summed E-state index contributed by atoms with van der Waals surface area (Å²) < 4.78 is 38.0. The maximum Gasteiger partial charge on any atom is 0.311 e. The van der Waals surface area contributed by atoms with Crippen LogP contribution in [0.4, 0.5) is 0 Å². The van der Waals surface area contributed by atoms with Crippen LogP contribution < -0.4 is 16.4 Å². The molecule has 0 aliphatic carbocycles. The summed E-state index contributed by atoms with van der Waals surface area (Å²) in [6.07, 6.45) is -5.20. The number of aromatic nitrogens is 2. The van der Waals surface area contributed by atoms with Crippen molar-refractivity contribution in [1.82, 2.24) is 20.6 Å². The lowest BCUT2D eigenvalue weighted by Gasteiger charge is -2.53. The molecule has 0 radical (unpaired) electrons. The van der Waals surface area contributed by atoms with E-state index in [0.29, 0.717) is 18.7 Å². The van der Waals surface area contributed by atoms with Gasteiger partial charge in [0.2, 0.25) is 0 Å². The van der Waals surface area contributed by atoms with E-state index in [2.05, 4.69) is 20.6 Å². The molecule has 3 aliphatic heterocycles. The van der Waals surface area contributed by atoms with Crippen LogP contribution in [0, 0.1) is 24.7 Å². The van der Waals surface area contributed by atoms with E-state index in [1.54, 1.807) is 60.9 Å². The highest BCUT2D eigenvalue weighted by Gasteiger charge is 2.58. The second-order valence-corrected chi connectivity index (χ2v) is 18.4. The number of nitrogens with one attached hydrogen (secondary N) is 2. The minimum absolute atomic E-state index is 0.0252. The molecule has 17 heteroatoms. The van der Waals surface area contributed by atoms with Crippen molar-refractivity contribution in [3.8, 4) is 0 Å². The average molecular weight is 842 g/mol. The molecule has 4 rings (SSSR count). The van der Waals surface area contributed by atoms with E-state index in [4.69, 9.17) is 34.2 Å². The quantitative estimate of drug-likeness (QED) is 0.154. The lowest BCUT2D eigenvalue weighted by atomic mass is 9.75. The largest absolute Gasteiger partial charge is 0.459 e. The standard InChI is InChI=1S/C42H75N5O12/c1-13-31-41(11,52)35(49)22(2)17-45-23(3)15-39(9,51)36(59-38-33(48)30(43)14-25(5)55-38)26(6)34(27(7)37(50)57-31)58-32-16-40(10,54-12)42(53,28(8)56-32)21-44-19-29-20-46-24(4)18-47-29/h18,20,22-23,25-28,30-36,38,44-45,48-49,51-53H,13-17,19,21,43H2,1-12H3/t22-,23-,25-,26-,27-,28+,30+,31+,32?,33-,34-,35+,36-,38+,39-,40-,41-,42+/m1/s1. The van der Waals surface area contributed by atoms with Crippen LogP contribution in [0.25, 0.3) is 0 Å². The normalized spacial score (nSPS) is 45.9. The molecule has 0 saturated carbocycles. The van der Waals surface area contributed by atoms with Gasteiger partial charge in [0.05, 0.1) is 53.4 Å². The zero-order valence-corrected chi connectivity index (χ0v) is 37.3. The second kappa shape index (κ2) is 20.0. The molecule has 3 saturated heterocycles. The molecule has 18 atom stereocenters. The molecule has 17 nitrogen and oxygen atoms in total. The van der Waals surface area contributed by atoms with E-state index in [0.717, 1.165) is 5.69 Å². The number of carbonyl (C=O) groups excluding carboxylic acids is 1. The van der Waals surface area contributed by atoms with E-state index in [1.165, 1.54) is 14.0 Å². The summed E-state index contributed by atoms with van der Waals surface area (Å²) in [5, 5.41) is 65.6. The molecule has 3 aliphatic rings. The number of hydrogen-bond donors (Lipinski definition) is 8. The van der Waals surface area contributed by atoms with Crippen LogP contribution in [-0.4, -0.2) is 151 Å². The van der Waals surface area contributed by atoms with Gasteiger partial charge in [-0.1, -0.05) is 20.8 Å². The van der Waals surface area contributed by atoms with Gasteiger partial charge in [-0.3, -0.25) is 14.8 Å². The highest BCUT2D eigenvalue weighted by Crippen LogP contribution is 2.43. The smallest absolute Gasteiger partial charge is 0.311 e. The Labute approximate surface area is 350 Å². The van der Waals surface area contributed by atoms with Crippen molar-refractivity contribution >= 4 is 5.97 Å². The highest BCUT2D eigenvalue weighted by atomic mass is 16.7. The third kappa shape index (κ3) is 11.4. The van der Waals surface area contributed by atoms with Gasteiger partial charge >= 0.3 is 5.97 Å². The zero-order valence-electron chi connectivity index (χ0n) is 37.3. The fraction of sp³-hybridized carbons (Fsp3) is 0.881. The van der Waals surface area contributed by atoms with Crippen molar-refractivity contribution in [3.63, 3.8) is 0 Å².